The van der Waals surface area contributed by atoms with Gasteiger partial charge in [-0.3, -0.25) is 9.48 Å². The molecule has 0 aliphatic rings. The summed E-state index contributed by atoms with van der Waals surface area (Å²) in [6.45, 7) is 0. The van der Waals surface area contributed by atoms with Gasteiger partial charge in [0.25, 0.3) is 0 Å². The van der Waals surface area contributed by atoms with Crippen molar-refractivity contribution in [3.63, 3.8) is 0 Å². The number of hydrogen-bond acceptors (Lipinski definition) is 3. The topological polar surface area (TPSA) is 44.1 Å². The molecule has 2 rings (SSSR count). The minimum absolute atomic E-state index is 0.0427. The highest BCUT2D eigenvalue weighted by Crippen LogP contribution is 2.12. The predicted octanol–water partition coefficient (Wildman–Crippen LogP) is 2.32. The number of allylic oxidation sites excluding steroid dienone is 1. The number of methoxy groups -OCH3 is 1. The molecule has 2 aromatic rings. The van der Waals surface area contributed by atoms with Crippen LogP contribution in [0.5, 0.6) is 5.75 Å². The molecule has 0 N–H and O–H groups in total. The third kappa shape index (κ3) is 2.66. The molecular formula is C14H14N2O2. The number of nitrogens with zero attached hydrogens (tertiary/aromatic N) is 2. The van der Waals surface area contributed by atoms with E-state index in [2.05, 4.69) is 5.10 Å². The molecular weight excluding hydrogens is 228 g/mol. The van der Waals surface area contributed by atoms with Crippen LogP contribution in [0.25, 0.3) is 6.08 Å². The van der Waals surface area contributed by atoms with E-state index in [4.69, 9.17) is 4.74 Å². The molecule has 0 atom stereocenters. The number of hydrogen-bond donors (Lipinski definition) is 0. The molecule has 0 fully saturated rings. The largest absolute Gasteiger partial charge is 0.497 e. The lowest BCUT2D eigenvalue weighted by atomic mass is 10.1. The third-order valence-corrected chi connectivity index (χ3v) is 2.64. The Kier molecular flexibility index (Phi) is 3.57. The van der Waals surface area contributed by atoms with Crippen molar-refractivity contribution in [3.8, 4) is 5.75 Å². The van der Waals surface area contributed by atoms with Crippen LogP contribution in [-0.4, -0.2) is 22.7 Å². The summed E-state index contributed by atoms with van der Waals surface area (Å²) < 4.78 is 6.75. The Morgan fingerprint density at radius 2 is 2.00 bits per heavy atom. The fourth-order valence-corrected chi connectivity index (χ4v) is 1.56. The van der Waals surface area contributed by atoms with Crippen molar-refractivity contribution in [3.05, 3.63) is 53.9 Å². The first-order valence-electron chi connectivity index (χ1n) is 5.55. The molecule has 0 saturated carbocycles. The lowest BCUT2D eigenvalue weighted by Crippen LogP contribution is -1.96. The number of carbonyl (C=O) groups is 1. The van der Waals surface area contributed by atoms with Crippen molar-refractivity contribution in [2.75, 3.05) is 7.11 Å². The summed E-state index contributed by atoms with van der Waals surface area (Å²) >= 11 is 0. The van der Waals surface area contributed by atoms with Gasteiger partial charge in [-0.15, -0.1) is 0 Å². The van der Waals surface area contributed by atoms with Crippen molar-refractivity contribution >= 4 is 11.9 Å². The smallest absolute Gasteiger partial charge is 0.185 e. The molecule has 0 spiro atoms. The van der Waals surface area contributed by atoms with Crippen molar-refractivity contribution in [2.45, 2.75) is 0 Å². The van der Waals surface area contributed by atoms with E-state index in [1.807, 2.05) is 13.1 Å². The lowest BCUT2D eigenvalue weighted by molar-refractivity contribution is 0.104. The highest BCUT2D eigenvalue weighted by atomic mass is 16.5. The molecule has 1 aromatic heterocycles. The van der Waals surface area contributed by atoms with Gasteiger partial charge in [0.1, 0.15) is 5.75 Å². The van der Waals surface area contributed by atoms with Gasteiger partial charge in [-0.2, -0.15) is 5.10 Å². The molecule has 18 heavy (non-hydrogen) atoms. The Bertz CT molecular complexity index is 568. The van der Waals surface area contributed by atoms with Crippen LogP contribution in [-0.2, 0) is 7.05 Å². The van der Waals surface area contributed by atoms with Crippen LogP contribution < -0.4 is 4.74 Å². The molecule has 0 saturated heterocycles. The quantitative estimate of drug-likeness (QED) is 0.610. The molecule has 92 valence electrons. The van der Waals surface area contributed by atoms with Gasteiger partial charge in [0.05, 0.1) is 12.8 Å². The van der Waals surface area contributed by atoms with Crippen molar-refractivity contribution < 1.29 is 9.53 Å². The van der Waals surface area contributed by atoms with E-state index in [0.717, 1.165) is 11.4 Å². The normalized spacial score (nSPS) is 10.8. The van der Waals surface area contributed by atoms with Gasteiger partial charge in [-0.05, 0) is 42.5 Å². The Morgan fingerprint density at radius 1 is 1.28 bits per heavy atom. The third-order valence-electron chi connectivity index (χ3n) is 2.64. The first kappa shape index (κ1) is 12.1. The Balaban J connectivity index is 2.12. The maximum absolute atomic E-state index is 11.9. The lowest BCUT2D eigenvalue weighted by Gasteiger charge is -2.00. The van der Waals surface area contributed by atoms with E-state index in [0.29, 0.717) is 5.56 Å². The molecule has 4 nitrogen and oxygen atoms in total. The zero-order valence-electron chi connectivity index (χ0n) is 10.3. The number of benzene rings is 1. The number of rotatable bonds is 4. The van der Waals surface area contributed by atoms with Crippen molar-refractivity contribution in [1.29, 1.82) is 0 Å². The van der Waals surface area contributed by atoms with Crippen LogP contribution in [0.2, 0.25) is 0 Å². The molecule has 0 radical (unpaired) electrons. The summed E-state index contributed by atoms with van der Waals surface area (Å²) in [6.07, 6.45) is 4.98. The summed E-state index contributed by atoms with van der Waals surface area (Å²) in [6, 6.07) is 8.87. The van der Waals surface area contributed by atoms with Gasteiger partial charge < -0.3 is 4.74 Å². The van der Waals surface area contributed by atoms with Crippen molar-refractivity contribution in [2.24, 2.45) is 7.05 Å². The monoisotopic (exact) mass is 242 g/mol. The minimum atomic E-state index is -0.0427. The maximum Gasteiger partial charge on any atom is 0.185 e. The first-order valence-corrected chi connectivity index (χ1v) is 5.55. The Hall–Kier alpha value is -2.36. The SMILES string of the molecule is COc1ccc(C(=O)/C=C/c2ccnn2C)cc1. The molecule has 4 heteroatoms. The molecule has 1 aromatic carbocycles. The number of ketones is 1. The fourth-order valence-electron chi connectivity index (χ4n) is 1.56. The van der Waals surface area contributed by atoms with Gasteiger partial charge in [0, 0.05) is 18.8 Å². The van der Waals surface area contributed by atoms with Gasteiger partial charge in [0.15, 0.2) is 5.78 Å². The first-order chi connectivity index (χ1) is 8.70. The summed E-state index contributed by atoms with van der Waals surface area (Å²) in [5.74, 6) is 0.695. The van der Waals surface area contributed by atoms with E-state index >= 15 is 0 Å². The van der Waals surface area contributed by atoms with Gasteiger partial charge in [-0.1, -0.05) is 0 Å². The van der Waals surface area contributed by atoms with Crippen LogP contribution in [0.15, 0.2) is 42.6 Å². The summed E-state index contributed by atoms with van der Waals surface area (Å²) in [4.78, 5) is 11.9. The van der Waals surface area contributed by atoms with Crippen LogP contribution >= 0.6 is 0 Å². The molecule has 0 aliphatic heterocycles. The zero-order valence-corrected chi connectivity index (χ0v) is 10.3. The number of aryl methyl sites for hydroxylation is 1. The number of ether oxygens (including phenoxy) is 1. The minimum Gasteiger partial charge on any atom is -0.497 e. The molecule has 1 heterocycles. The van der Waals surface area contributed by atoms with Crippen LogP contribution in [0.1, 0.15) is 16.1 Å². The second kappa shape index (κ2) is 5.31. The average Bonchev–Trinajstić information content (AvgIpc) is 2.81. The predicted molar refractivity (Wildman–Crippen MR) is 69.6 cm³/mol. The van der Waals surface area contributed by atoms with E-state index < -0.39 is 0 Å². The summed E-state index contributed by atoms with van der Waals surface area (Å²) in [5, 5.41) is 4.03. The number of carbonyl (C=O) groups excluding carboxylic acids is 1. The van der Waals surface area contributed by atoms with Crippen LogP contribution in [0.3, 0.4) is 0 Å². The molecule has 0 aliphatic carbocycles. The summed E-state index contributed by atoms with van der Waals surface area (Å²) in [7, 11) is 3.43. The molecule has 0 unspecified atom stereocenters. The zero-order chi connectivity index (χ0) is 13.0. The number of aromatic nitrogens is 2. The highest BCUT2D eigenvalue weighted by Gasteiger charge is 2.02. The standard InChI is InChI=1S/C14H14N2O2/c1-16-12(9-10-15-16)5-8-14(17)11-3-6-13(18-2)7-4-11/h3-10H,1-2H3/b8-5+. The average molecular weight is 242 g/mol. The van der Waals surface area contributed by atoms with E-state index in [9.17, 15) is 4.79 Å². The van der Waals surface area contributed by atoms with Crippen LogP contribution in [0.4, 0.5) is 0 Å². The van der Waals surface area contributed by atoms with E-state index in [1.165, 1.54) is 0 Å². The molecule has 0 bridgehead atoms. The van der Waals surface area contributed by atoms with Gasteiger partial charge in [0.2, 0.25) is 0 Å². The highest BCUT2D eigenvalue weighted by molar-refractivity contribution is 6.06. The summed E-state index contributed by atoms with van der Waals surface area (Å²) in [5.41, 5.74) is 1.52. The van der Waals surface area contributed by atoms with E-state index in [-0.39, 0.29) is 5.78 Å². The Labute approximate surface area is 106 Å². The van der Waals surface area contributed by atoms with Crippen molar-refractivity contribution in [1.82, 2.24) is 9.78 Å². The molecule has 0 amide bonds. The fraction of sp³-hybridized carbons (Fsp3) is 0.143. The second-order valence-electron chi connectivity index (χ2n) is 3.81. The second-order valence-corrected chi connectivity index (χ2v) is 3.81. The van der Waals surface area contributed by atoms with Crippen LogP contribution in [0, 0.1) is 0 Å². The Morgan fingerprint density at radius 3 is 2.56 bits per heavy atom. The van der Waals surface area contributed by atoms with Gasteiger partial charge in [-0.25, -0.2) is 0 Å². The maximum atomic E-state index is 11.9. The van der Waals surface area contributed by atoms with Gasteiger partial charge >= 0.3 is 0 Å². The van der Waals surface area contributed by atoms with E-state index in [1.54, 1.807) is 54.4 Å².